The summed E-state index contributed by atoms with van der Waals surface area (Å²) >= 11 is 6.22. The van der Waals surface area contributed by atoms with Crippen molar-refractivity contribution in [1.29, 1.82) is 0 Å². The fourth-order valence-corrected chi connectivity index (χ4v) is 8.55. The quantitative estimate of drug-likeness (QED) is 0.437. The molecule has 1 atom stereocenters. The van der Waals surface area contributed by atoms with Gasteiger partial charge in [0.2, 0.25) is 0 Å². The first-order valence-electron chi connectivity index (χ1n) is 11.0. The lowest BCUT2D eigenvalue weighted by molar-refractivity contribution is 0.0303. The fourth-order valence-electron chi connectivity index (χ4n) is 4.73. The van der Waals surface area contributed by atoms with E-state index in [-0.39, 0.29) is 5.78 Å². The molecule has 0 bridgehead atoms. The Morgan fingerprint density at radius 1 is 0.719 bits per heavy atom. The van der Waals surface area contributed by atoms with Crippen molar-refractivity contribution in [3.8, 4) is 0 Å². The minimum absolute atomic E-state index is 0.299. The smallest absolute Gasteiger partial charge is 0.284 e. The van der Waals surface area contributed by atoms with Gasteiger partial charge in [0.25, 0.3) is 7.44 Å². The second kappa shape index (κ2) is 9.29. The maximum absolute atomic E-state index is 15.5. The summed E-state index contributed by atoms with van der Waals surface area (Å²) < 4.78 is 25.4. The Morgan fingerprint density at radius 2 is 1.22 bits per heavy atom. The standard InChI is InChI=1S/C25H27ClN3O2P/c26-22-13-11-21(12-14-22)25(27-17-19-31-20-18-27)32(30)28(23-7-3-1-4-8-23)15-16-29(32)24-9-5-2-6-10-24/h1-14,25H,15-20H2/t25-/m0/s1. The number of benzene rings is 3. The third-order valence-electron chi connectivity index (χ3n) is 6.20. The number of morpholine rings is 1. The van der Waals surface area contributed by atoms with Crippen molar-refractivity contribution in [2.75, 3.05) is 48.7 Å². The van der Waals surface area contributed by atoms with E-state index < -0.39 is 7.44 Å². The number of halogens is 1. The topological polar surface area (TPSA) is 36.0 Å². The van der Waals surface area contributed by atoms with Crippen LogP contribution in [0.3, 0.4) is 0 Å². The summed E-state index contributed by atoms with van der Waals surface area (Å²) in [5.74, 6) is -0.299. The van der Waals surface area contributed by atoms with Gasteiger partial charge in [0, 0.05) is 42.6 Å². The Balaban J connectivity index is 1.68. The molecule has 3 aromatic carbocycles. The van der Waals surface area contributed by atoms with E-state index in [0.29, 0.717) is 31.3 Å². The zero-order valence-corrected chi connectivity index (χ0v) is 19.5. The molecule has 2 fully saturated rings. The van der Waals surface area contributed by atoms with E-state index in [9.17, 15) is 0 Å². The molecular formula is C25H27ClN3O2P. The van der Waals surface area contributed by atoms with Crippen molar-refractivity contribution in [3.05, 3.63) is 95.5 Å². The maximum Gasteiger partial charge on any atom is 0.284 e. The Kier molecular flexibility index (Phi) is 6.25. The van der Waals surface area contributed by atoms with Crippen LogP contribution in [0.1, 0.15) is 11.3 Å². The van der Waals surface area contributed by atoms with E-state index in [1.165, 1.54) is 0 Å². The highest BCUT2D eigenvalue weighted by Gasteiger charge is 2.52. The van der Waals surface area contributed by atoms with Crippen molar-refractivity contribution in [3.63, 3.8) is 0 Å². The number of hydrogen-bond acceptors (Lipinski definition) is 3. The third kappa shape index (κ3) is 3.95. The Hall–Kier alpha value is -2.30. The molecule has 7 heteroatoms. The van der Waals surface area contributed by atoms with Gasteiger partial charge < -0.3 is 14.1 Å². The SMILES string of the molecule is O=P1([C@@H](c2ccc(Cl)cc2)N2CCOCC2)N(c2ccccc2)CCN1c1ccccc1. The van der Waals surface area contributed by atoms with Crippen LogP contribution in [0.15, 0.2) is 84.9 Å². The molecule has 0 N–H and O–H groups in total. The van der Waals surface area contributed by atoms with Crippen LogP contribution in [0.2, 0.25) is 5.02 Å². The van der Waals surface area contributed by atoms with E-state index in [1.807, 2.05) is 60.7 Å². The number of ether oxygens (including phenoxy) is 1. The lowest BCUT2D eigenvalue weighted by atomic mass is 10.2. The van der Waals surface area contributed by atoms with Gasteiger partial charge in [-0.05, 0) is 42.0 Å². The van der Waals surface area contributed by atoms with Gasteiger partial charge in [0.05, 0.1) is 13.2 Å². The maximum atomic E-state index is 15.5. The molecule has 0 radical (unpaired) electrons. The summed E-state index contributed by atoms with van der Waals surface area (Å²) in [6.07, 6.45) is 0. The van der Waals surface area contributed by atoms with Crippen molar-refractivity contribution >= 4 is 30.4 Å². The van der Waals surface area contributed by atoms with Crippen LogP contribution in [0.4, 0.5) is 11.4 Å². The van der Waals surface area contributed by atoms with Crippen molar-refractivity contribution in [1.82, 2.24) is 4.90 Å². The first-order chi connectivity index (χ1) is 15.7. The highest BCUT2D eigenvalue weighted by atomic mass is 35.5. The molecule has 0 aliphatic carbocycles. The molecule has 5 nitrogen and oxygen atoms in total. The zero-order valence-electron chi connectivity index (χ0n) is 17.9. The lowest BCUT2D eigenvalue weighted by Crippen LogP contribution is -2.42. The van der Waals surface area contributed by atoms with Gasteiger partial charge >= 0.3 is 0 Å². The van der Waals surface area contributed by atoms with E-state index in [1.54, 1.807) is 0 Å². The van der Waals surface area contributed by atoms with E-state index in [0.717, 1.165) is 30.0 Å². The van der Waals surface area contributed by atoms with Crippen LogP contribution in [0.5, 0.6) is 0 Å². The third-order valence-corrected chi connectivity index (χ3v) is 9.96. The second-order valence-electron chi connectivity index (χ2n) is 8.08. The number of hydrogen-bond donors (Lipinski definition) is 0. The normalized spacial score (nSPS) is 19.8. The molecule has 2 heterocycles. The largest absolute Gasteiger partial charge is 0.379 e. The van der Waals surface area contributed by atoms with E-state index in [2.05, 4.69) is 38.5 Å². The van der Waals surface area contributed by atoms with E-state index in [4.69, 9.17) is 16.3 Å². The van der Waals surface area contributed by atoms with Gasteiger partial charge in [0.15, 0.2) is 0 Å². The molecule has 0 amide bonds. The zero-order chi connectivity index (χ0) is 22.0. The molecule has 2 saturated heterocycles. The average molecular weight is 468 g/mol. The van der Waals surface area contributed by atoms with Gasteiger partial charge in [-0.2, -0.15) is 0 Å². The average Bonchev–Trinajstić information content (AvgIpc) is 3.19. The van der Waals surface area contributed by atoms with Crippen molar-refractivity contribution < 1.29 is 9.30 Å². The summed E-state index contributed by atoms with van der Waals surface area (Å²) in [6, 6.07) is 28.1. The molecule has 166 valence electrons. The molecule has 5 rings (SSSR count). The Bertz CT molecular complexity index is 1020. The number of nitrogens with zero attached hydrogens (tertiary/aromatic N) is 3. The molecule has 0 spiro atoms. The first kappa shape index (κ1) is 21.5. The molecule has 2 aliphatic rings. The molecule has 0 unspecified atom stereocenters. The summed E-state index contributed by atoms with van der Waals surface area (Å²) in [6.45, 7) is 4.15. The highest BCUT2D eigenvalue weighted by molar-refractivity contribution is 7.67. The van der Waals surface area contributed by atoms with Crippen molar-refractivity contribution in [2.45, 2.75) is 5.78 Å². The fraction of sp³-hybridized carbons (Fsp3) is 0.280. The summed E-state index contributed by atoms with van der Waals surface area (Å²) in [7, 11) is -3.16. The van der Waals surface area contributed by atoms with Crippen LogP contribution >= 0.6 is 19.0 Å². The highest BCUT2D eigenvalue weighted by Crippen LogP contribution is 2.69. The van der Waals surface area contributed by atoms with Crippen LogP contribution in [-0.2, 0) is 9.30 Å². The lowest BCUT2D eigenvalue weighted by Gasteiger charge is -2.44. The van der Waals surface area contributed by atoms with Crippen LogP contribution in [0.25, 0.3) is 0 Å². The number of para-hydroxylation sites is 2. The van der Waals surface area contributed by atoms with Crippen LogP contribution in [0, 0.1) is 0 Å². The van der Waals surface area contributed by atoms with Crippen LogP contribution < -0.4 is 9.34 Å². The minimum Gasteiger partial charge on any atom is -0.379 e. The molecule has 3 aromatic rings. The van der Waals surface area contributed by atoms with Crippen LogP contribution in [-0.4, -0.2) is 44.3 Å². The van der Waals surface area contributed by atoms with Gasteiger partial charge in [0.1, 0.15) is 5.78 Å². The Labute approximate surface area is 194 Å². The molecule has 0 aromatic heterocycles. The molecule has 32 heavy (non-hydrogen) atoms. The Morgan fingerprint density at radius 3 is 1.72 bits per heavy atom. The van der Waals surface area contributed by atoms with Gasteiger partial charge in [-0.15, -0.1) is 0 Å². The molecular weight excluding hydrogens is 441 g/mol. The van der Waals surface area contributed by atoms with E-state index >= 15 is 4.57 Å². The molecule has 2 aliphatic heterocycles. The predicted molar refractivity (Wildman–Crippen MR) is 132 cm³/mol. The number of anilines is 2. The summed E-state index contributed by atoms with van der Waals surface area (Å²) in [4.78, 5) is 2.32. The first-order valence-corrected chi connectivity index (χ1v) is 13.1. The van der Waals surface area contributed by atoms with Crippen molar-refractivity contribution in [2.24, 2.45) is 0 Å². The number of rotatable bonds is 5. The van der Waals surface area contributed by atoms with Gasteiger partial charge in [-0.25, -0.2) is 0 Å². The summed E-state index contributed by atoms with van der Waals surface area (Å²) in [5, 5.41) is 0.680. The predicted octanol–water partition coefficient (Wildman–Crippen LogP) is 5.89. The van der Waals surface area contributed by atoms with Gasteiger partial charge in [-0.3, -0.25) is 9.46 Å². The molecule has 0 saturated carbocycles. The second-order valence-corrected chi connectivity index (χ2v) is 11.1. The summed E-state index contributed by atoms with van der Waals surface area (Å²) in [5.41, 5.74) is 2.99. The van der Waals surface area contributed by atoms with Gasteiger partial charge in [-0.1, -0.05) is 60.1 Å². The minimum atomic E-state index is -3.16. The monoisotopic (exact) mass is 467 g/mol.